The molecular formula is C20H14. The van der Waals surface area contributed by atoms with Gasteiger partial charge in [-0.05, 0) is 57.6 Å². The van der Waals surface area contributed by atoms with Crippen LogP contribution in [0.25, 0.3) is 33.4 Å². The summed E-state index contributed by atoms with van der Waals surface area (Å²) < 4.78 is 0. The second-order valence-corrected chi connectivity index (χ2v) is 5.13. The van der Waals surface area contributed by atoms with Crippen molar-refractivity contribution in [2.45, 2.75) is 0 Å². The van der Waals surface area contributed by atoms with Gasteiger partial charge < -0.3 is 0 Å². The van der Waals surface area contributed by atoms with Crippen LogP contribution in [0.1, 0.15) is 0 Å². The van der Waals surface area contributed by atoms with Crippen molar-refractivity contribution in [3.63, 3.8) is 0 Å². The maximum absolute atomic E-state index is 2.27. The van der Waals surface area contributed by atoms with Gasteiger partial charge in [-0.1, -0.05) is 60.7 Å². The van der Waals surface area contributed by atoms with Crippen molar-refractivity contribution in [2.75, 3.05) is 0 Å². The maximum Gasteiger partial charge on any atom is -0.0171 e. The van der Waals surface area contributed by atoms with Crippen molar-refractivity contribution in [3.05, 3.63) is 84.9 Å². The lowest BCUT2D eigenvalue weighted by atomic mass is 10.2. The highest BCUT2D eigenvalue weighted by Crippen LogP contribution is 2.36. The Balaban J connectivity index is 1.90. The highest BCUT2D eigenvalue weighted by atomic mass is 14.1. The van der Waals surface area contributed by atoms with E-state index >= 15 is 0 Å². The van der Waals surface area contributed by atoms with E-state index in [2.05, 4.69) is 84.9 Å². The Morgan fingerprint density at radius 3 is 0.900 bits per heavy atom. The summed E-state index contributed by atoms with van der Waals surface area (Å²) in [7, 11) is 0. The molecular weight excluding hydrogens is 240 g/mol. The minimum atomic E-state index is 1.29. The van der Waals surface area contributed by atoms with Crippen LogP contribution in [0, 0.1) is 0 Å². The van der Waals surface area contributed by atoms with E-state index in [1.54, 1.807) is 0 Å². The minimum Gasteiger partial charge on any atom is -0.0622 e. The highest BCUT2D eigenvalue weighted by molar-refractivity contribution is 5.85. The number of fused-ring (bicyclic) bond motifs is 2. The molecule has 0 aromatic rings. The molecule has 0 saturated heterocycles. The molecule has 0 aromatic heterocycles. The van der Waals surface area contributed by atoms with E-state index in [1.807, 2.05) is 0 Å². The Kier molecular flexibility index (Phi) is 2.53. The van der Waals surface area contributed by atoms with Crippen LogP contribution >= 0.6 is 0 Å². The second kappa shape index (κ2) is 4.50. The molecule has 0 aromatic carbocycles. The summed E-state index contributed by atoms with van der Waals surface area (Å²) in [6, 6.07) is 30.2. The molecule has 0 radical (unpaired) electrons. The Hall–Kier alpha value is -2.60. The molecule has 0 N–H and O–H groups in total. The van der Waals surface area contributed by atoms with Crippen molar-refractivity contribution in [2.24, 2.45) is 0 Å². The van der Waals surface area contributed by atoms with Gasteiger partial charge in [0.25, 0.3) is 0 Å². The fraction of sp³-hybridized carbons (Fsp3) is 0. The van der Waals surface area contributed by atoms with Crippen molar-refractivity contribution in [3.8, 4) is 33.4 Å². The molecule has 0 unspecified atom stereocenters. The van der Waals surface area contributed by atoms with E-state index in [-0.39, 0.29) is 0 Å². The topological polar surface area (TPSA) is 0 Å². The summed E-state index contributed by atoms with van der Waals surface area (Å²) in [5.41, 5.74) is 7.76. The first-order chi connectivity index (χ1) is 9.90. The zero-order valence-electron chi connectivity index (χ0n) is 11.1. The zero-order valence-corrected chi connectivity index (χ0v) is 11.1. The predicted molar refractivity (Wildman–Crippen MR) is 85.1 cm³/mol. The number of hydrogen-bond donors (Lipinski definition) is 0. The van der Waals surface area contributed by atoms with Crippen molar-refractivity contribution in [1.29, 1.82) is 0 Å². The van der Waals surface area contributed by atoms with Crippen LogP contribution in [0.3, 0.4) is 0 Å². The molecule has 4 aliphatic rings. The van der Waals surface area contributed by atoms with Gasteiger partial charge in [0.2, 0.25) is 0 Å². The summed E-state index contributed by atoms with van der Waals surface area (Å²) in [6.45, 7) is 0. The molecule has 94 valence electrons. The van der Waals surface area contributed by atoms with Crippen LogP contribution in [-0.4, -0.2) is 0 Å². The number of rotatable bonds is 1. The molecule has 0 heteroatoms. The maximum atomic E-state index is 2.27. The monoisotopic (exact) mass is 254 g/mol. The van der Waals surface area contributed by atoms with Gasteiger partial charge in [0.1, 0.15) is 0 Å². The summed E-state index contributed by atoms with van der Waals surface area (Å²) in [5.74, 6) is 0. The third kappa shape index (κ3) is 1.86. The first kappa shape index (κ1) is 11.2. The standard InChI is InChI=1S/C20H14/c1-3-7-15-11-19(12-16(15)8-4-1)20-13-17-9-5-2-6-10-18(17)14-20/h1-14H. The van der Waals surface area contributed by atoms with Crippen LogP contribution in [-0.2, 0) is 0 Å². The molecule has 4 aliphatic carbocycles. The van der Waals surface area contributed by atoms with Crippen LogP contribution in [0.4, 0.5) is 0 Å². The fourth-order valence-electron chi connectivity index (χ4n) is 2.76. The van der Waals surface area contributed by atoms with E-state index in [4.69, 9.17) is 0 Å². The van der Waals surface area contributed by atoms with E-state index < -0.39 is 0 Å². The van der Waals surface area contributed by atoms with Gasteiger partial charge in [-0.25, -0.2) is 0 Å². The normalized spacial score (nSPS) is 11.0. The van der Waals surface area contributed by atoms with Gasteiger partial charge in [-0.2, -0.15) is 0 Å². The van der Waals surface area contributed by atoms with E-state index in [0.29, 0.717) is 0 Å². The Morgan fingerprint density at radius 2 is 0.600 bits per heavy atom. The minimum absolute atomic E-state index is 1.29. The molecule has 0 heterocycles. The van der Waals surface area contributed by atoms with Crippen molar-refractivity contribution in [1.82, 2.24) is 0 Å². The predicted octanol–water partition coefficient (Wildman–Crippen LogP) is 5.56. The second-order valence-electron chi connectivity index (χ2n) is 5.13. The average molecular weight is 254 g/mol. The van der Waals surface area contributed by atoms with Crippen LogP contribution in [0.5, 0.6) is 0 Å². The lowest BCUT2D eigenvalue weighted by molar-refractivity contribution is 1.80. The molecule has 0 nitrogen and oxygen atoms in total. The van der Waals surface area contributed by atoms with Gasteiger partial charge >= 0.3 is 0 Å². The van der Waals surface area contributed by atoms with Crippen LogP contribution in [0.15, 0.2) is 84.9 Å². The van der Waals surface area contributed by atoms with Gasteiger partial charge in [0, 0.05) is 0 Å². The fourth-order valence-corrected chi connectivity index (χ4v) is 2.76. The Morgan fingerprint density at radius 1 is 0.300 bits per heavy atom. The van der Waals surface area contributed by atoms with Crippen molar-refractivity contribution >= 4 is 0 Å². The zero-order chi connectivity index (χ0) is 13.4. The van der Waals surface area contributed by atoms with E-state index in [9.17, 15) is 0 Å². The molecule has 0 atom stereocenters. The largest absolute Gasteiger partial charge is 0.0622 e. The molecule has 0 aliphatic heterocycles. The molecule has 20 heavy (non-hydrogen) atoms. The van der Waals surface area contributed by atoms with Crippen LogP contribution in [0.2, 0.25) is 0 Å². The molecule has 0 saturated carbocycles. The SMILES string of the molecule is c1ccc2cc(-c3cc4cccccc-4c3)cc-2cc1. The third-order valence-corrected chi connectivity index (χ3v) is 3.79. The van der Waals surface area contributed by atoms with Crippen LogP contribution < -0.4 is 0 Å². The molecule has 0 fully saturated rings. The van der Waals surface area contributed by atoms with Gasteiger partial charge in [-0.15, -0.1) is 0 Å². The van der Waals surface area contributed by atoms with E-state index in [0.717, 1.165) is 0 Å². The summed E-state index contributed by atoms with van der Waals surface area (Å²) >= 11 is 0. The quantitative estimate of drug-likeness (QED) is 0.417. The Bertz CT molecular complexity index is 681. The average Bonchev–Trinajstić information content (AvgIpc) is 2.89. The lowest BCUT2D eigenvalue weighted by Crippen LogP contribution is -1.62. The lowest BCUT2D eigenvalue weighted by Gasteiger charge is -1.88. The first-order valence-corrected chi connectivity index (χ1v) is 6.88. The number of hydrogen-bond acceptors (Lipinski definition) is 0. The highest BCUT2D eigenvalue weighted by Gasteiger charge is 2.10. The van der Waals surface area contributed by atoms with E-state index in [1.165, 1.54) is 33.4 Å². The molecule has 0 bridgehead atoms. The molecule has 0 amide bonds. The molecule has 0 spiro atoms. The Labute approximate surface area is 119 Å². The summed E-state index contributed by atoms with van der Waals surface area (Å²) in [4.78, 5) is 0. The summed E-state index contributed by atoms with van der Waals surface area (Å²) in [6.07, 6.45) is 0. The molecule has 4 rings (SSSR count). The summed E-state index contributed by atoms with van der Waals surface area (Å²) in [5, 5.41) is 0. The van der Waals surface area contributed by atoms with Gasteiger partial charge in [0.15, 0.2) is 0 Å². The van der Waals surface area contributed by atoms with Crippen molar-refractivity contribution < 1.29 is 0 Å². The first-order valence-electron chi connectivity index (χ1n) is 6.88. The third-order valence-electron chi connectivity index (χ3n) is 3.79. The smallest absolute Gasteiger partial charge is 0.0171 e. The van der Waals surface area contributed by atoms with Gasteiger partial charge in [-0.3, -0.25) is 0 Å². The van der Waals surface area contributed by atoms with Gasteiger partial charge in [0.05, 0.1) is 0 Å².